The highest BCUT2D eigenvalue weighted by atomic mass is 16.7. The lowest BCUT2D eigenvalue weighted by atomic mass is 9.81. The van der Waals surface area contributed by atoms with E-state index in [0.29, 0.717) is 6.42 Å². The average Bonchev–Trinajstić information content (AvgIpc) is 2.51. The number of amides is 1. The number of rotatable bonds is 5. The predicted octanol–water partition coefficient (Wildman–Crippen LogP) is 3.35. The van der Waals surface area contributed by atoms with E-state index in [9.17, 15) is 14.4 Å². The van der Waals surface area contributed by atoms with Gasteiger partial charge in [0.25, 0.3) is 5.79 Å². The van der Waals surface area contributed by atoms with E-state index >= 15 is 0 Å². The van der Waals surface area contributed by atoms with Crippen LogP contribution in [0.25, 0.3) is 0 Å². The molecule has 0 aliphatic carbocycles. The fourth-order valence-electron chi connectivity index (χ4n) is 2.98. The quantitative estimate of drug-likeness (QED) is 0.611. The summed E-state index contributed by atoms with van der Waals surface area (Å²) in [5.41, 5.74) is -1.24. The average molecular weight is 391 g/mol. The van der Waals surface area contributed by atoms with Crippen molar-refractivity contribution in [3.63, 3.8) is 0 Å². The Kier molecular flexibility index (Phi) is 6.06. The molecule has 7 nitrogen and oxygen atoms in total. The van der Waals surface area contributed by atoms with Crippen LogP contribution in [-0.2, 0) is 30.2 Å². The zero-order valence-electron chi connectivity index (χ0n) is 17.3. The summed E-state index contributed by atoms with van der Waals surface area (Å²) in [6.45, 7) is 9.77. The normalized spacial score (nSPS) is 19.2. The molecule has 0 saturated carbocycles. The summed E-state index contributed by atoms with van der Waals surface area (Å²) in [5, 5.41) is 2.78. The zero-order chi connectivity index (χ0) is 21.2. The van der Waals surface area contributed by atoms with Crippen LogP contribution in [0.15, 0.2) is 30.3 Å². The molecule has 0 unspecified atom stereocenters. The van der Waals surface area contributed by atoms with Crippen molar-refractivity contribution in [2.45, 2.75) is 71.8 Å². The smallest absolute Gasteiger partial charge is 0.407 e. The van der Waals surface area contributed by atoms with Gasteiger partial charge in [-0.3, -0.25) is 9.59 Å². The van der Waals surface area contributed by atoms with E-state index in [1.807, 2.05) is 30.3 Å². The number of esters is 2. The van der Waals surface area contributed by atoms with Crippen LogP contribution in [-0.4, -0.2) is 35.5 Å². The number of benzene rings is 1. The first-order valence-corrected chi connectivity index (χ1v) is 9.31. The van der Waals surface area contributed by atoms with Crippen molar-refractivity contribution in [2.24, 2.45) is 5.41 Å². The Morgan fingerprint density at radius 2 is 1.61 bits per heavy atom. The van der Waals surface area contributed by atoms with Crippen molar-refractivity contribution in [2.75, 3.05) is 0 Å². The summed E-state index contributed by atoms with van der Waals surface area (Å²) in [5.74, 6) is -2.64. The molecule has 1 aromatic rings. The van der Waals surface area contributed by atoms with Gasteiger partial charge in [0.2, 0.25) is 0 Å². The zero-order valence-corrected chi connectivity index (χ0v) is 17.3. The molecule has 1 aliphatic rings. The van der Waals surface area contributed by atoms with Crippen molar-refractivity contribution in [1.82, 2.24) is 5.32 Å². The van der Waals surface area contributed by atoms with Gasteiger partial charge in [0.15, 0.2) is 5.41 Å². The molecule has 0 bridgehead atoms. The van der Waals surface area contributed by atoms with Gasteiger partial charge < -0.3 is 19.5 Å². The van der Waals surface area contributed by atoms with Crippen molar-refractivity contribution in [3.8, 4) is 0 Å². The molecule has 1 aromatic carbocycles. The number of carbonyl (C=O) groups excluding carboxylic acids is 3. The van der Waals surface area contributed by atoms with E-state index < -0.39 is 40.9 Å². The van der Waals surface area contributed by atoms with Crippen molar-refractivity contribution < 1.29 is 28.6 Å². The Bertz CT molecular complexity index is 715. The second-order valence-electron chi connectivity index (χ2n) is 8.75. The fraction of sp³-hybridized carbons (Fsp3) is 0.571. The predicted molar refractivity (Wildman–Crippen MR) is 102 cm³/mol. The summed E-state index contributed by atoms with van der Waals surface area (Å²) < 4.78 is 15.9. The van der Waals surface area contributed by atoms with Gasteiger partial charge in [-0.2, -0.15) is 0 Å². The third kappa shape index (κ3) is 5.71. The van der Waals surface area contributed by atoms with E-state index in [0.717, 1.165) is 5.56 Å². The van der Waals surface area contributed by atoms with Gasteiger partial charge in [0, 0.05) is 19.9 Å². The molecule has 1 N–H and O–H groups in total. The maximum atomic E-state index is 12.6. The highest BCUT2D eigenvalue weighted by Crippen LogP contribution is 2.36. The van der Waals surface area contributed by atoms with Gasteiger partial charge in [0.1, 0.15) is 5.60 Å². The Hall–Kier alpha value is -2.57. The molecule has 1 amide bonds. The topological polar surface area (TPSA) is 90.9 Å². The first-order chi connectivity index (χ1) is 12.8. The molecule has 2 rings (SSSR count). The number of hydrogen-bond donors (Lipinski definition) is 1. The van der Waals surface area contributed by atoms with E-state index in [1.165, 1.54) is 20.8 Å². The lowest BCUT2D eigenvalue weighted by Crippen LogP contribution is -2.55. The number of ether oxygens (including phenoxy) is 3. The monoisotopic (exact) mass is 391 g/mol. The van der Waals surface area contributed by atoms with Crippen LogP contribution >= 0.6 is 0 Å². The van der Waals surface area contributed by atoms with E-state index in [-0.39, 0.29) is 6.42 Å². The summed E-state index contributed by atoms with van der Waals surface area (Å²) in [7, 11) is 0. The van der Waals surface area contributed by atoms with Gasteiger partial charge >= 0.3 is 18.0 Å². The van der Waals surface area contributed by atoms with Crippen LogP contribution in [0.2, 0.25) is 0 Å². The first-order valence-electron chi connectivity index (χ1n) is 9.31. The molecule has 1 aliphatic heterocycles. The highest BCUT2D eigenvalue weighted by Gasteiger charge is 2.53. The second-order valence-corrected chi connectivity index (χ2v) is 8.75. The largest absolute Gasteiger partial charge is 0.444 e. The summed E-state index contributed by atoms with van der Waals surface area (Å²) in [4.78, 5) is 37.5. The first kappa shape index (κ1) is 21.7. The standard InChI is InChI=1S/C21H29NO6/c1-19(2,3)28-18(25)22-15(12-14-10-8-7-9-11-14)13-21(6)16(23)26-20(4,5)27-17(21)24/h7-11,15H,12-13H2,1-6H3,(H,22,25)/t15-/m0/s1. The highest BCUT2D eigenvalue weighted by molar-refractivity contribution is 6.01. The van der Waals surface area contributed by atoms with Gasteiger partial charge in [-0.15, -0.1) is 0 Å². The Morgan fingerprint density at radius 3 is 2.11 bits per heavy atom. The Balaban J connectivity index is 2.22. The van der Waals surface area contributed by atoms with Crippen molar-refractivity contribution in [1.29, 1.82) is 0 Å². The molecular formula is C21H29NO6. The van der Waals surface area contributed by atoms with Crippen molar-refractivity contribution in [3.05, 3.63) is 35.9 Å². The number of nitrogens with one attached hydrogen (secondary N) is 1. The maximum absolute atomic E-state index is 12.6. The van der Waals surface area contributed by atoms with Gasteiger partial charge in [-0.1, -0.05) is 30.3 Å². The second kappa shape index (κ2) is 7.81. The van der Waals surface area contributed by atoms with Crippen LogP contribution in [0.4, 0.5) is 4.79 Å². The lowest BCUT2D eigenvalue weighted by molar-refractivity contribution is -0.250. The molecule has 7 heteroatoms. The number of hydrogen-bond acceptors (Lipinski definition) is 6. The third-order valence-electron chi connectivity index (χ3n) is 4.28. The summed E-state index contributed by atoms with van der Waals surface area (Å²) >= 11 is 0. The number of cyclic esters (lactones) is 2. The van der Waals surface area contributed by atoms with E-state index in [4.69, 9.17) is 14.2 Å². The Labute approximate surface area is 165 Å². The molecule has 0 aromatic heterocycles. The van der Waals surface area contributed by atoms with E-state index in [1.54, 1.807) is 20.8 Å². The number of alkyl carbamates (subject to hydrolysis) is 1. The minimum Gasteiger partial charge on any atom is -0.444 e. The molecule has 28 heavy (non-hydrogen) atoms. The molecule has 0 radical (unpaired) electrons. The van der Waals surface area contributed by atoms with Crippen LogP contribution in [0.5, 0.6) is 0 Å². The molecule has 1 atom stereocenters. The number of carbonyl (C=O) groups is 3. The van der Waals surface area contributed by atoms with Gasteiger partial charge in [-0.05, 0) is 46.1 Å². The van der Waals surface area contributed by atoms with Gasteiger partial charge in [0.05, 0.1) is 0 Å². The molecule has 1 saturated heterocycles. The van der Waals surface area contributed by atoms with E-state index in [2.05, 4.69) is 5.32 Å². The van der Waals surface area contributed by atoms with Crippen LogP contribution < -0.4 is 5.32 Å². The lowest BCUT2D eigenvalue weighted by Gasteiger charge is -2.39. The Morgan fingerprint density at radius 1 is 1.07 bits per heavy atom. The van der Waals surface area contributed by atoms with Crippen LogP contribution in [0, 0.1) is 5.41 Å². The summed E-state index contributed by atoms with van der Waals surface area (Å²) in [6, 6.07) is 8.93. The summed E-state index contributed by atoms with van der Waals surface area (Å²) in [6.07, 6.45) is -0.177. The maximum Gasteiger partial charge on any atom is 0.407 e. The van der Waals surface area contributed by atoms with Crippen LogP contribution in [0.1, 0.15) is 53.5 Å². The van der Waals surface area contributed by atoms with Crippen LogP contribution in [0.3, 0.4) is 0 Å². The SMILES string of the molecule is CC(C)(C)OC(=O)N[C@@H](Cc1ccccc1)CC1(C)C(=O)OC(C)(C)OC1=O. The minimum atomic E-state index is -1.52. The molecule has 1 heterocycles. The molecular weight excluding hydrogens is 362 g/mol. The van der Waals surface area contributed by atoms with Crippen molar-refractivity contribution >= 4 is 18.0 Å². The molecule has 154 valence electrons. The third-order valence-corrected chi connectivity index (χ3v) is 4.28. The molecule has 0 spiro atoms. The fourth-order valence-corrected chi connectivity index (χ4v) is 2.98. The molecule has 1 fully saturated rings. The van der Waals surface area contributed by atoms with Gasteiger partial charge in [-0.25, -0.2) is 4.79 Å². The minimum absolute atomic E-state index is 0.0227.